The fourth-order valence-corrected chi connectivity index (χ4v) is 3.99. The minimum Gasteiger partial charge on any atom is -0.474 e. The fourth-order valence-electron chi connectivity index (χ4n) is 3.99. The average Bonchev–Trinajstić information content (AvgIpc) is 2.83. The van der Waals surface area contributed by atoms with Crippen molar-refractivity contribution in [3.63, 3.8) is 0 Å². The predicted octanol–water partition coefficient (Wildman–Crippen LogP) is 2.45. The Morgan fingerprint density at radius 2 is 1.88 bits per heavy atom. The van der Waals surface area contributed by atoms with E-state index in [0.29, 0.717) is 42.8 Å². The minimum absolute atomic E-state index is 0.0216. The zero-order valence-corrected chi connectivity index (χ0v) is 19.6. The standard InChI is InChI=1S/C25H29N5O4/c1-15(2)21(29-24(32)22-23(31)28-19-7-5-4-6-18(19)27-22)25(33)30-12-10-17(11-13-30)34-20-9-8-16(3)14-26-20/h4-9,14-15,17,21H,10-13H2,1-3H3,(H,28,31)(H,29,32)/t21-/m0/s1. The summed E-state index contributed by atoms with van der Waals surface area (Å²) < 4.78 is 5.95. The highest BCUT2D eigenvalue weighted by atomic mass is 16.5. The summed E-state index contributed by atoms with van der Waals surface area (Å²) in [6.45, 7) is 6.73. The van der Waals surface area contributed by atoms with Gasteiger partial charge in [-0.1, -0.05) is 32.0 Å². The predicted molar refractivity (Wildman–Crippen MR) is 128 cm³/mol. The van der Waals surface area contributed by atoms with Gasteiger partial charge in [0, 0.05) is 38.2 Å². The number of rotatable bonds is 6. The molecule has 0 aliphatic carbocycles. The number of carbonyl (C=O) groups excluding carboxylic acids is 2. The van der Waals surface area contributed by atoms with Gasteiger partial charge in [-0.3, -0.25) is 14.4 Å². The number of amides is 2. The first kappa shape index (κ1) is 23.4. The molecule has 0 spiro atoms. The Morgan fingerprint density at radius 3 is 2.56 bits per heavy atom. The van der Waals surface area contributed by atoms with Gasteiger partial charge in [0.15, 0.2) is 5.69 Å². The zero-order valence-electron chi connectivity index (χ0n) is 19.6. The third-order valence-corrected chi connectivity index (χ3v) is 5.96. The molecule has 178 valence electrons. The summed E-state index contributed by atoms with van der Waals surface area (Å²) in [5, 5.41) is 2.74. The Hall–Kier alpha value is -3.75. The van der Waals surface area contributed by atoms with Gasteiger partial charge in [0.05, 0.1) is 11.0 Å². The van der Waals surface area contributed by atoms with Crippen LogP contribution in [0.25, 0.3) is 11.0 Å². The number of pyridine rings is 1. The largest absolute Gasteiger partial charge is 0.474 e. The number of nitrogens with one attached hydrogen (secondary N) is 2. The third-order valence-electron chi connectivity index (χ3n) is 5.96. The second-order valence-corrected chi connectivity index (χ2v) is 8.94. The van der Waals surface area contributed by atoms with E-state index < -0.39 is 17.5 Å². The van der Waals surface area contributed by atoms with Crippen molar-refractivity contribution in [2.75, 3.05) is 13.1 Å². The molecular formula is C25H29N5O4. The van der Waals surface area contributed by atoms with E-state index in [4.69, 9.17) is 4.74 Å². The van der Waals surface area contributed by atoms with E-state index in [2.05, 4.69) is 20.3 Å². The van der Waals surface area contributed by atoms with Gasteiger partial charge in [0.2, 0.25) is 11.8 Å². The number of piperidine rings is 1. The molecule has 1 atom stereocenters. The number of likely N-dealkylation sites (tertiary alicyclic amines) is 1. The SMILES string of the molecule is Cc1ccc(OC2CCN(C(=O)[C@@H](NC(=O)c3nc4ccccc4[nH]c3=O)C(C)C)CC2)nc1. The highest BCUT2D eigenvalue weighted by Gasteiger charge is 2.32. The molecule has 9 heteroatoms. The van der Waals surface area contributed by atoms with Crippen molar-refractivity contribution in [1.82, 2.24) is 25.2 Å². The zero-order chi connectivity index (χ0) is 24.2. The molecule has 1 saturated heterocycles. The molecule has 1 aliphatic heterocycles. The lowest BCUT2D eigenvalue weighted by Gasteiger charge is -2.35. The van der Waals surface area contributed by atoms with E-state index in [1.54, 1.807) is 35.4 Å². The quantitative estimate of drug-likeness (QED) is 0.580. The molecule has 34 heavy (non-hydrogen) atoms. The summed E-state index contributed by atoms with van der Waals surface area (Å²) in [5.41, 5.74) is 1.27. The van der Waals surface area contributed by atoms with E-state index in [1.807, 2.05) is 32.9 Å². The fraction of sp³-hybridized carbons (Fsp3) is 0.400. The van der Waals surface area contributed by atoms with Crippen LogP contribution in [0.3, 0.4) is 0 Å². The maximum atomic E-state index is 13.3. The number of para-hydroxylation sites is 2. The number of hydrogen-bond donors (Lipinski definition) is 2. The molecule has 1 aromatic carbocycles. The van der Waals surface area contributed by atoms with Crippen LogP contribution in [-0.2, 0) is 4.79 Å². The molecule has 2 N–H and O–H groups in total. The average molecular weight is 464 g/mol. The smallest absolute Gasteiger partial charge is 0.280 e. The number of H-pyrrole nitrogens is 1. The van der Waals surface area contributed by atoms with Gasteiger partial charge < -0.3 is 19.9 Å². The number of hydrogen-bond acceptors (Lipinski definition) is 6. The maximum Gasteiger partial charge on any atom is 0.280 e. The number of nitrogens with zero attached hydrogens (tertiary/aromatic N) is 3. The summed E-state index contributed by atoms with van der Waals surface area (Å²) in [6, 6.07) is 10.0. The van der Waals surface area contributed by atoms with Crippen molar-refractivity contribution in [1.29, 1.82) is 0 Å². The Labute approximate surface area is 197 Å². The monoisotopic (exact) mass is 463 g/mol. The van der Waals surface area contributed by atoms with Gasteiger partial charge in [-0.2, -0.15) is 0 Å². The lowest BCUT2D eigenvalue weighted by Crippen LogP contribution is -2.54. The van der Waals surface area contributed by atoms with Crippen molar-refractivity contribution in [2.45, 2.75) is 45.8 Å². The highest BCUT2D eigenvalue weighted by Crippen LogP contribution is 2.19. The van der Waals surface area contributed by atoms with Crippen LogP contribution < -0.4 is 15.6 Å². The Bertz CT molecular complexity index is 1230. The van der Waals surface area contributed by atoms with Crippen molar-refractivity contribution in [3.05, 3.63) is 64.2 Å². The van der Waals surface area contributed by atoms with E-state index in [-0.39, 0.29) is 23.6 Å². The van der Waals surface area contributed by atoms with E-state index in [1.165, 1.54) is 0 Å². The lowest BCUT2D eigenvalue weighted by atomic mass is 10.00. The van der Waals surface area contributed by atoms with Crippen molar-refractivity contribution >= 4 is 22.8 Å². The number of aromatic nitrogens is 3. The van der Waals surface area contributed by atoms with Gasteiger partial charge in [-0.05, 0) is 30.5 Å². The Balaban J connectivity index is 1.40. The molecule has 0 unspecified atom stereocenters. The molecule has 3 aromatic rings. The second-order valence-electron chi connectivity index (χ2n) is 8.94. The summed E-state index contributed by atoms with van der Waals surface area (Å²) in [6.07, 6.45) is 3.09. The summed E-state index contributed by atoms with van der Waals surface area (Å²) in [5.74, 6) is -0.423. The molecule has 9 nitrogen and oxygen atoms in total. The van der Waals surface area contributed by atoms with E-state index >= 15 is 0 Å². The molecule has 2 aromatic heterocycles. The number of benzene rings is 1. The topological polar surface area (TPSA) is 117 Å². The molecule has 1 aliphatic rings. The number of carbonyl (C=O) groups is 2. The first-order chi connectivity index (χ1) is 16.3. The molecule has 3 heterocycles. The molecule has 1 fully saturated rings. The molecule has 2 amide bonds. The number of aryl methyl sites for hydroxylation is 1. The van der Waals surface area contributed by atoms with Crippen LogP contribution in [0, 0.1) is 12.8 Å². The van der Waals surface area contributed by atoms with Crippen LogP contribution in [0.5, 0.6) is 5.88 Å². The number of fused-ring (bicyclic) bond motifs is 1. The summed E-state index contributed by atoms with van der Waals surface area (Å²) in [4.78, 5) is 51.5. The molecular weight excluding hydrogens is 434 g/mol. The van der Waals surface area contributed by atoms with Gasteiger partial charge in [0.25, 0.3) is 11.5 Å². The van der Waals surface area contributed by atoms with Gasteiger partial charge >= 0.3 is 0 Å². The van der Waals surface area contributed by atoms with Crippen molar-refractivity contribution in [2.24, 2.45) is 5.92 Å². The third kappa shape index (κ3) is 5.24. The molecule has 0 radical (unpaired) electrons. The van der Waals surface area contributed by atoms with Gasteiger partial charge in [-0.15, -0.1) is 0 Å². The normalized spacial score (nSPS) is 15.4. The maximum absolute atomic E-state index is 13.3. The Morgan fingerprint density at radius 1 is 1.15 bits per heavy atom. The Kier molecular flexibility index (Phi) is 6.90. The summed E-state index contributed by atoms with van der Waals surface area (Å²) >= 11 is 0. The van der Waals surface area contributed by atoms with E-state index in [9.17, 15) is 14.4 Å². The van der Waals surface area contributed by atoms with Crippen LogP contribution in [0.4, 0.5) is 0 Å². The first-order valence-electron chi connectivity index (χ1n) is 11.5. The molecule has 0 saturated carbocycles. The van der Waals surface area contributed by atoms with Crippen LogP contribution in [0.2, 0.25) is 0 Å². The molecule has 0 bridgehead atoms. The number of aromatic amines is 1. The van der Waals surface area contributed by atoms with Crippen molar-refractivity contribution in [3.8, 4) is 5.88 Å². The minimum atomic E-state index is -0.767. The van der Waals surface area contributed by atoms with Crippen LogP contribution in [0.15, 0.2) is 47.4 Å². The van der Waals surface area contributed by atoms with Gasteiger partial charge in [-0.25, -0.2) is 9.97 Å². The van der Waals surface area contributed by atoms with Crippen molar-refractivity contribution < 1.29 is 14.3 Å². The number of ether oxygens (including phenoxy) is 1. The van der Waals surface area contributed by atoms with E-state index in [0.717, 1.165) is 5.56 Å². The summed E-state index contributed by atoms with van der Waals surface area (Å²) in [7, 11) is 0. The highest BCUT2D eigenvalue weighted by molar-refractivity contribution is 5.97. The van der Waals surface area contributed by atoms with Gasteiger partial charge in [0.1, 0.15) is 12.1 Å². The first-order valence-corrected chi connectivity index (χ1v) is 11.5. The second kappa shape index (κ2) is 10.0. The van der Waals surface area contributed by atoms with Crippen LogP contribution in [-0.4, -0.2) is 56.9 Å². The van der Waals surface area contributed by atoms with Crippen LogP contribution >= 0.6 is 0 Å². The van der Waals surface area contributed by atoms with Crippen LogP contribution in [0.1, 0.15) is 42.7 Å². The lowest BCUT2D eigenvalue weighted by molar-refractivity contribution is -0.136. The molecule has 4 rings (SSSR count).